The van der Waals surface area contributed by atoms with Crippen LogP contribution in [0.4, 0.5) is 5.69 Å². The predicted octanol–water partition coefficient (Wildman–Crippen LogP) is 4.51. The van der Waals surface area contributed by atoms with E-state index in [-0.39, 0.29) is 6.04 Å². The van der Waals surface area contributed by atoms with E-state index in [9.17, 15) is 0 Å². The van der Waals surface area contributed by atoms with Gasteiger partial charge in [0.05, 0.1) is 13.2 Å². The van der Waals surface area contributed by atoms with Gasteiger partial charge in [0.25, 0.3) is 0 Å². The monoisotopic (exact) mass is 364 g/mol. The molecule has 0 aromatic heterocycles. The van der Waals surface area contributed by atoms with Crippen LogP contribution in [0.15, 0.2) is 53.0 Å². The van der Waals surface area contributed by atoms with Crippen LogP contribution in [-0.4, -0.2) is 12.2 Å². The molecule has 1 unspecified atom stereocenters. The van der Waals surface area contributed by atoms with Crippen LogP contribution in [0.2, 0.25) is 0 Å². The van der Waals surface area contributed by atoms with Crippen molar-refractivity contribution >= 4 is 38.9 Å². The van der Waals surface area contributed by atoms with Crippen molar-refractivity contribution in [2.24, 2.45) is 0 Å². The summed E-state index contributed by atoms with van der Waals surface area (Å²) in [7, 11) is 1.66. The highest BCUT2D eigenvalue weighted by Crippen LogP contribution is 2.18. The summed E-state index contributed by atoms with van der Waals surface area (Å²) in [6, 6.07) is 15.9. The molecular formula is C16H17BrN2OS. The normalized spacial score (nSPS) is 11.6. The minimum atomic E-state index is 0.117. The molecule has 0 aliphatic carbocycles. The molecule has 0 aliphatic rings. The quantitative estimate of drug-likeness (QED) is 0.782. The van der Waals surface area contributed by atoms with Gasteiger partial charge in [-0.05, 0) is 61.1 Å². The minimum absolute atomic E-state index is 0.117. The summed E-state index contributed by atoms with van der Waals surface area (Å²) >= 11 is 8.74. The van der Waals surface area contributed by atoms with Gasteiger partial charge in [-0.2, -0.15) is 0 Å². The molecule has 0 saturated carbocycles. The van der Waals surface area contributed by atoms with Crippen LogP contribution in [-0.2, 0) is 0 Å². The molecule has 3 nitrogen and oxygen atoms in total. The van der Waals surface area contributed by atoms with Crippen molar-refractivity contribution in [3.63, 3.8) is 0 Å². The van der Waals surface area contributed by atoms with Crippen molar-refractivity contribution < 1.29 is 4.74 Å². The van der Waals surface area contributed by atoms with Gasteiger partial charge >= 0.3 is 0 Å². The first-order valence-corrected chi connectivity index (χ1v) is 7.75. The average Bonchev–Trinajstić information content (AvgIpc) is 2.49. The Bertz CT molecular complexity index is 599. The van der Waals surface area contributed by atoms with Crippen molar-refractivity contribution in [2.45, 2.75) is 13.0 Å². The van der Waals surface area contributed by atoms with Crippen LogP contribution in [0.25, 0.3) is 0 Å². The lowest BCUT2D eigenvalue weighted by atomic mass is 10.1. The number of ether oxygens (including phenoxy) is 1. The summed E-state index contributed by atoms with van der Waals surface area (Å²) in [6.07, 6.45) is 0. The molecule has 0 spiro atoms. The zero-order valence-electron chi connectivity index (χ0n) is 11.9. The standard InChI is InChI=1S/C16H17BrN2OS/c1-11(12-3-9-15(20-2)10-4-12)18-16(21)19-14-7-5-13(17)6-8-14/h3-11H,1-2H3,(H2,18,19,21). The molecule has 0 amide bonds. The Morgan fingerprint density at radius 2 is 1.71 bits per heavy atom. The summed E-state index contributed by atoms with van der Waals surface area (Å²) in [4.78, 5) is 0. The first kappa shape index (κ1) is 15.8. The Labute approximate surface area is 138 Å². The highest BCUT2D eigenvalue weighted by molar-refractivity contribution is 9.10. The average molecular weight is 365 g/mol. The summed E-state index contributed by atoms with van der Waals surface area (Å²) < 4.78 is 6.20. The Morgan fingerprint density at radius 3 is 2.29 bits per heavy atom. The fourth-order valence-corrected chi connectivity index (χ4v) is 2.43. The van der Waals surface area contributed by atoms with E-state index in [0.717, 1.165) is 21.5 Å². The van der Waals surface area contributed by atoms with Gasteiger partial charge in [-0.3, -0.25) is 0 Å². The Balaban J connectivity index is 1.93. The van der Waals surface area contributed by atoms with Crippen LogP contribution in [0.1, 0.15) is 18.5 Å². The van der Waals surface area contributed by atoms with Crippen molar-refractivity contribution in [1.82, 2.24) is 5.32 Å². The number of anilines is 1. The number of rotatable bonds is 4. The van der Waals surface area contributed by atoms with Crippen LogP contribution in [0.5, 0.6) is 5.75 Å². The number of nitrogens with one attached hydrogen (secondary N) is 2. The zero-order chi connectivity index (χ0) is 15.2. The molecule has 0 heterocycles. The molecule has 110 valence electrons. The summed E-state index contributed by atoms with van der Waals surface area (Å²) in [5, 5.41) is 7.03. The molecule has 0 saturated heterocycles. The van der Waals surface area contributed by atoms with E-state index in [1.165, 1.54) is 0 Å². The van der Waals surface area contributed by atoms with Crippen molar-refractivity contribution in [1.29, 1.82) is 0 Å². The molecule has 1 atom stereocenters. The van der Waals surface area contributed by atoms with E-state index in [1.807, 2.05) is 48.5 Å². The molecule has 2 N–H and O–H groups in total. The van der Waals surface area contributed by atoms with Gasteiger partial charge in [0.1, 0.15) is 5.75 Å². The van der Waals surface area contributed by atoms with E-state index in [1.54, 1.807) is 7.11 Å². The number of halogens is 1. The Morgan fingerprint density at radius 1 is 1.10 bits per heavy atom. The molecule has 2 aromatic rings. The van der Waals surface area contributed by atoms with E-state index in [4.69, 9.17) is 17.0 Å². The molecule has 0 bridgehead atoms. The number of benzene rings is 2. The first-order valence-electron chi connectivity index (χ1n) is 6.55. The largest absolute Gasteiger partial charge is 0.497 e. The van der Waals surface area contributed by atoms with Gasteiger partial charge in [-0.1, -0.05) is 28.1 Å². The third-order valence-corrected chi connectivity index (χ3v) is 3.81. The van der Waals surface area contributed by atoms with Gasteiger partial charge in [-0.25, -0.2) is 0 Å². The molecule has 0 fully saturated rings. The van der Waals surface area contributed by atoms with Gasteiger partial charge in [0.15, 0.2) is 5.11 Å². The molecular weight excluding hydrogens is 348 g/mol. The minimum Gasteiger partial charge on any atom is -0.497 e. The Kier molecular flexibility index (Phi) is 5.59. The topological polar surface area (TPSA) is 33.3 Å². The lowest BCUT2D eigenvalue weighted by Crippen LogP contribution is -2.30. The summed E-state index contributed by atoms with van der Waals surface area (Å²) in [6.45, 7) is 2.07. The van der Waals surface area contributed by atoms with Gasteiger partial charge in [-0.15, -0.1) is 0 Å². The summed E-state index contributed by atoms with van der Waals surface area (Å²) in [5.74, 6) is 0.849. The predicted molar refractivity (Wildman–Crippen MR) is 94.9 cm³/mol. The molecule has 5 heteroatoms. The highest BCUT2D eigenvalue weighted by Gasteiger charge is 2.07. The van der Waals surface area contributed by atoms with Gasteiger partial charge in [0.2, 0.25) is 0 Å². The fourth-order valence-electron chi connectivity index (χ4n) is 1.87. The maximum absolute atomic E-state index is 5.34. The number of thiocarbonyl (C=S) groups is 1. The van der Waals surface area contributed by atoms with Crippen molar-refractivity contribution in [3.8, 4) is 5.75 Å². The maximum atomic E-state index is 5.34. The lowest BCUT2D eigenvalue weighted by molar-refractivity contribution is 0.414. The first-order chi connectivity index (χ1) is 10.1. The van der Waals surface area contributed by atoms with Crippen molar-refractivity contribution in [3.05, 3.63) is 58.6 Å². The third kappa shape index (κ3) is 4.72. The molecule has 0 aliphatic heterocycles. The lowest BCUT2D eigenvalue weighted by Gasteiger charge is -2.17. The second-order valence-electron chi connectivity index (χ2n) is 4.60. The smallest absolute Gasteiger partial charge is 0.171 e. The van der Waals surface area contributed by atoms with Crippen LogP contribution < -0.4 is 15.4 Å². The SMILES string of the molecule is COc1ccc(C(C)NC(=S)Nc2ccc(Br)cc2)cc1. The Hall–Kier alpha value is -1.59. The van der Waals surface area contributed by atoms with E-state index >= 15 is 0 Å². The van der Waals surface area contributed by atoms with E-state index in [0.29, 0.717) is 5.11 Å². The van der Waals surface area contributed by atoms with Gasteiger partial charge < -0.3 is 15.4 Å². The number of hydrogen-bond acceptors (Lipinski definition) is 2. The molecule has 21 heavy (non-hydrogen) atoms. The van der Waals surface area contributed by atoms with Crippen molar-refractivity contribution in [2.75, 3.05) is 12.4 Å². The fraction of sp³-hybridized carbons (Fsp3) is 0.188. The van der Waals surface area contributed by atoms with Gasteiger partial charge in [0, 0.05) is 10.2 Å². The zero-order valence-corrected chi connectivity index (χ0v) is 14.3. The number of hydrogen-bond donors (Lipinski definition) is 2. The molecule has 2 rings (SSSR count). The highest BCUT2D eigenvalue weighted by atomic mass is 79.9. The maximum Gasteiger partial charge on any atom is 0.171 e. The van der Waals surface area contributed by atoms with Crippen LogP contribution >= 0.6 is 28.1 Å². The number of methoxy groups -OCH3 is 1. The molecule has 0 radical (unpaired) electrons. The third-order valence-electron chi connectivity index (χ3n) is 3.07. The van der Waals surface area contributed by atoms with Crippen LogP contribution in [0, 0.1) is 0 Å². The second-order valence-corrected chi connectivity index (χ2v) is 5.92. The van der Waals surface area contributed by atoms with E-state index in [2.05, 4.69) is 33.5 Å². The van der Waals surface area contributed by atoms with E-state index < -0.39 is 0 Å². The van der Waals surface area contributed by atoms with Crippen LogP contribution in [0.3, 0.4) is 0 Å². The summed E-state index contributed by atoms with van der Waals surface area (Å²) in [5.41, 5.74) is 2.10. The second kappa shape index (κ2) is 7.43. The molecule has 2 aromatic carbocycles.